The van der Waals surface area contributed by atoms with E-state index >= 15 is 0 Å². The van der Waals surface area contributed by atoms with Crippen molar-refractivity contribution >= 4 is 61.3 Å². The van der Waals surface area contributed by atoms with Gasteiger partial charge in [0.05, 0.1) is 24.8 Å². The molecule has 0 atom stereocenters. The van der Waals surface area contributed by atoms with Gasteiger partial charge in [0.1, 0.15) is 11.6 Å². The lowest BCUT2D eigenvalue weighted by Gasteiger charge is -2.24. The van der Waals surface area contributed by atoms with Gasteiger partial charge in [-0.25, -0.2) is 8.42 Å². The molecule has 1 amide bonds. The lowest BCUT2D eigenvalue weighted by molar-refractivity contribution is -0.114. The van der Waals surface area contributed by atoms with Crippen molar-refractivity contribution in [1.82, 2.24) is 10.2 Å². The van der Waals surface area contributed by atoms with Gasteiger partial charge in [0.2, 0.25) is 11.0 Å². The zero-order valence-electron chi connectivity index (χ0n) is 19.5. The first-order chi connectivity index (χ1) is 17.7. The summed E-state index contributed by atoms with van der Waals surface area (Å²) in [5.41, 5.74) is 1.02. The fraction of sp³-hybridized carbons (Fsp3) is 0.125. The van der Waals surface area contributed by atoms with E-state index < -0.39 is 22.5 Å². The Morgan fingerprint density at radius 3 is 2.16 bits per heavy atom. The maximum absolute atomic E-state index is 13.7. The third-order valence-corrected chi connectivity index (χ3v) is 8.27. The molecule has 37 heavy (non-hydrogen) atoms. The molecule has 13 heteroatoms. The number of nitrogens with zero attached hydrogens (tertiary/aromatic N) is 3. The number of rotatable bonds is 9. The van der Waals surface area contributed by atoms with Crippen LogP contribution in [-0.4, -0.2) is 45.3 Å². The van der Waals surface area contributed by atoms with E-state index in [1.54, 1.807) is 24.3 Å². The summed E-state index contributed by atoms with van der Waals surface area (Å²) >= 11 is 13.1. The van der Waals surface area contributed by atoms with Gasteiger partial charge < -0.3 is 9.47 Å². The van der Waals surface area contributed by atoms with Crippen LogP contribution in [0.25, 0.3) is 10.6 Å². The van der Waals surface area contributed by atoms with Gasteiger partial charge in [0, 0.05) is 21.7 Å². The van der Waals surface area contributed by atoms with Crippen molar-refractivity contribution in [2.75, 3.05) is 30.4 Å². The predicted octanol–water partition coefficient (Wildman–Crippen LogP) is 5.36. The van der Waals surface area contributed by atoms with E-state index in [1.807, 2.05) is 0 Å². The number of hydrogen-bond donors (Lipinski definition) is 1. The minimum absolute atomic E-state index is 0.0890. The molecule has 0 fully saturated rings. The van der Waals surface area contributed by atoms with E-state index in [0.29, 0.717) is 20.8 Å². The number of benzene rings is 3. The summed E-state index contributed by atoms with van der Waals surface area (Å²) in [7, 11) is -1.36. The van der Waals surface area contributed by atoms with Gasteiger partial charge in [0.15, 0.2) is 11.5 Å². The molecule has 0 aliphatic heterocycles. The molecule has 1 aromatic heterocycles. The summed E-state index contributed by atoms with van der Waals surface area (Å²) in [5.74, 6) is -0.0181. The van der Waals surface area contributed by atoms with Crippen molar-refractivity contribution in [3.05, 3.63) is 76.8 Å². The number of carbonyl (C=O) groups excluding carboxylic acids is 1. The normalized spacial score (nSPS) is 11.1. The Kier molecular flexibility index (Phi) is 8.18. The molecule has 1 heterocycles. The van der Waals surface area contributed by atoms with Gasteiger partial charge in [-0.3, -0.25) is 14.4 Å². The van der Waals surface area contributed by atoms with E-state index in [2.05, 4.69) is 15.5 Å². The molecular formula is C24H20Cl2N4O5S2. The topological polar surface area (TPSA) is 111 Å². The first-order valence-electron chi connectivity index (χ1n) is 10.6. The van der Waals surface area contributed by atoms with Gasteiger partial charge in [0.25, 0.3) is 10.0 Å². The van der Waals surface area contributed by atoms with Crippen LogP contribution in [0.1, 0.15) is 0 Å². The molecular weight excluding hydrogens is 559 g/mol. The van der Waals surface area contributed by atoms with Crippen LogP contribution in [0.3, 0.4) is 0 Å². The first kappa shape index (κ1) is 26.7. The largest absolute Gasteiger partial charge is 0.493 e. The van der Waals surface area contributed by atoms with Gasteiger partial charge >= 0.3 is 0 Å². The lowest BCUT2D eigenvalue weighted by Crippen LogP contribution is -2.38. The highest BCUT2D eigenvalue weighted by atomic mass is 35.5. The minimum atomic E-state index is -4.21. The van der Waals surface area contributed by atoms with Crippen molar-refractivity contribution in [3.8, 4) is 22.1 Å². The number of hydrogen-bond acceptors (Lipinski definition) is 8. The molecule has 0 aliphatic rings. The Labute approximate surface area is 227 Å². The van der Waals surface area contributed by atoms with Crippen molar-refractivity contribution in [3.63, 3.8) is 0 Å². The zero-order valence-corrected chi connectivity index (χ0v) is 22.7. The van der Waals surface area contributed by atoms with Crippen LogP contribution in [0.2, 0.25) is 10.0 Å². The summed E-state index contributed by atoms with van der Waals surface area (Å²) in [6, 6.07) is 17.3. The second-order valence-electron chi connectivity index (χ2n) is 7.47. The van der Waals surface area contributed by atoms with Crippen molar-refractivity contribution < 1.29 is 22.7 Å². The molecule has 4 aromatic rings. The summed E-state index contributed by atoms with van der Waals surface area (Å²) in [5, 5.41) is 12.5. The molecule has 0 saturated heterocycles. The zero-order chi connectivity index (χ0) is 26.6. The first-order valence-corrected chi connectivity index (χ1v) is 13.6. The minimum Gasteiger partial charge on any atom is -0.493 e. The summed E-state index contributed by atoms with van der Waals surface area (Å²) in [6.07, 6.45) is 0. The lowest BCUT2D eigenvalue weighted by atomic mass is 10.2. The van der Waals surface area contributed by atoms with Crippen LogP contribution in [0, 0.1) is 0 Å². The van der Waals surface area contributed by atoms with Crippen molar-refractivity contribution in [1.29, 1.82) is 0 Å². The highest BCUT2D eigenvalue weighted by Crippen LogP contribution is 2.33. The Morgan fingerprint density at radius 2 is 1.54 bits per heavy atom. The molecule has 0 saturated carbocycles. The van der Waals surface area contributed by atoms with E-state index in [0.717, 1.165) is 21.2 Å². The third-order valence-electron chi connectivity index (χ3n) is 5.11. The molecule has 0 unspecified atom stereocenters. The molecule has 1 N–H and O–H groups in total. The number of amides is 1. The number of nitrogens with one attached hydrogen (secondary N) is 1. The molecule has 0 spiro atoms. The number of halogens is 2. The Balaban J connectivity index is 1.61. The molecule has 0 bridgehead atoms. The smallest absolute Gasteiger partial charge is 0.264 e. The highest BCUT2D eigenvalue weighted by molar-refractivity contribution is 7.92. The number of methoxy groups -OCH3 is 2. The quantitative estimate of drug-likeness (QED) is 0.284. The van der Waals surface area contributed by atoms with E-state index in [-0.39, 0.29) is 21.5 Å². The fourth-order valence-electron chi connectivity index (χ4n) is 3.30. The molecule has 0 radical (unpaired) electrons. The molecule has 0 aliphatic carbocycles. The van der Waals surface area contributed by atoms with E-state index in [1.165, 1.54) is 56.7 Å². The molecule has 4 rings (SSSR count). The summed E-state index contributed by atoms with van der Waals surface area (Å²) < 4.78 is 38.8. The summed E-state index contributed by atoms with van der Waals surface area (Å²) in [6.45, 7) is -0.534. The molecule has 3 aromatic carbocycles. The second kappa shape index (κ2) is 11.3. The SMILES string of the molecule is COc1ccc(S(=O)(=O)N(CC(=O)Nc2nnc(-c3ccc(Cl)cc3)s2)c2ccc(Cl)cc2)cc1OC. The maximum Gasteiger partial charge on any atom is 0.264 e. The number of sulfonamides is 1. The molecule has 9 nitrogen and oxygen atoms in total. The number of ether oxygens (including phenoxy) is 2. The highest BCUT2D eigenvalue weighted by Gasteiger charge is 2.29. The second-order valence-corrected chi connectivity index (χ2v) is 11.2. The van der Waals surface area contributed by atoms with Crippen LogP contribution in [-0.2, 0) is 14.8 Å². The number of aromatic nitrogens is 2. The van der Waals surface area contributed by atoms with Crippen LogP contribution in [0.5, 0.6) is 11.5 Å². The Bertz CT molecular complexity index is 1510. The monoisotopic (exact) mass is 578 g/mol. The van der Waals surface area contributed by atoms with Crippen LogP contribution in [0.4, 0.5) is 10.8 Å². The van der Waals surface area contributed by atoms with Gasteiger partial charge in [-0.2, -0.15) is 0 Å². The maximum atomic E-state index is 13.7. The average molecular weight is 579 g/mol. The Hall–Kier alpha value is -3.38. The molecule has 192 valence electrons. The third kappa shape index (κ3) is 6.13. The van der Waals surface area contributed by atoms with Crippen LogP contribution in [0.15, 0.2) is 71.6 Å². The average Bonchev–Trinajstić information content (AvgIpc) is 3.36. The van der Waals surface area contributed by atoms with E-state index in [4.69, 9.17) is 32.7 Å². The predicted molar refractivity (Wildman–Crippen MR) is 145 cm³/mol. The number of carbonyl (C=O) groups is 1. The summed E-state index contributed by atoms with van der Waals surface area (Å²) in [4.78, 5) is 12.9. The standard InChI is InChI=1S/C24H20Cl2N4O5S2/c1-34-20-12-11-19(13-21(20)35-2)37(32,33)30(18-9-7-17(26)8-10-18)14-22(31)27-24-29-28-23(36-24)15-3-5-16(25)6-4-15/h3-13H,14H2,1-2H3,(H,27,29,31). The van der Waals surface area contributed by atoms with Crippen LogP contribution < -0.4 is 19.1 Å². The van der Waals surface area contributed by atoms with E-state index in [9.17, 15) is 13.2 Å². The van der Waals surface area contributed by atoms with Gasteiger partial charge in [-0.1, -0.05) is 46.7 Å². The van der Waals surface area contributed by atoms with Gasteiger partial charge in [-0.05, 0) is 48.5 Å². The fourth-order valence-corrected chi connectivity index (χ4v) is 5.75. The van der Waals surface area contributed by atoms with Crippen molar-refractivity contribution in [2.24, 2.45) is 0 Å². The van der Waals surface area contributed by atoms with Crippen molar-refractivity contribution in [2.45, 2.75) is 4.90 Å². The number of anilines is 2. The van der Waals surface area contributed by atoms with Crippen LogP contribution >= 0.6 is 34.5 Å². The Morgan fingerprint density at radius 1 is 0.919 bits per heavy atom. The van der Waals surface area contributed by atoms with Gasteiger partial charge in [-0.15, -0.1) is 10.2 Å².